The van der Waals surface area contributed by atoms with Gasteiger partial charge in [0.15, 0.2) is 0 Å². The molecule has 1 unspecified atom stereocenters. The lowest BCUT2D eigenvalue weighted by Crippen LogP contribution is -2.32. The van der Waals surface area contributed by atoms with Crippen LogP contribution in [0.25, 0.3) is 0 Å². The van der Waals surface area contributed by atoms with Crippen LogP contribution in [0.3, 0.4) is 0 Å². The average Bonchev–Trinajstić information content (AvgIpc) is 2.83. The molecule has 1 rings (SSSR count). The molecule has 0 heterocycles. The van der Waals surface area contributed by atoms with Crippen LogP contribution in [0, 0.1) is 5.92 Å². The van der Waals surface area contributed by atoms with Gasteiger partial charge in [-0.05, 0) is 25.2 Å². The maximum absolute atomic E-state index is 11.1. The summed E-state index contributed by atoms with van der Waals surface area (Å²) in [6, 6.07) is -0.527. The summed E-state index contributed by atoms with van der Waals surface area (Å²) >= 11 is 0. The van der Waals surface area contributed by atoms with E-state index in [1.165, 1.54) is 12.8 Å². The average molecular weight is 169 g/mol. The first kappa shape index (κ1) is 9.26. The summed E-state index contributed by atoms with van der Waals surface area (Å²) in [6.45, 7) is 4.05. The number of carbonyl (C=O) groups is 1. The van der Waals surface area contributed by atoms with Gasteiger partial charge in [0.05, 0.1) is 6.61 Å². The van der Waals surface area contributed by atoms with Crippen LogP contribution in [0.15, 0.2) is 12.7 Å². The zero-order valence-electron chi connectivity index (χ0n) is 7.16. The van der Waals surface area contributed by atoms with Gasteiger partial charge in [0.2, 0.25) is 0 Å². The third kappa shape index (κ3) is 3.05. The number of esters is 1. The molecule has 0 aliphatic heterocycles. The minimum Gasteiger partial charge on any atom is -0.464 e. The van der Waals surface area contributed by atoms with Gasteiger partial charge in [0.1, 0.15) is 6.04 Å². The monoisotopic (exact) mass is 169 g/mol. The van der Waals surface area contributed by atoms with Gasteiger partial charge in [0, 0.05) is 0 Å². The fourth-order valence-corrected chi connectivity index (χ4v) is 0.867. The van der Waals surface area contributed by atoms with Crippen LogP contribution in [0.2, 0.25) is 0 Å². The summed E-state index contributed by atoms with van der Waals surface area (Å²) in [7, 11) is 0. The smallest absolute Gasteiger partial charge is 0.323 e. The van der Waals surface area contributed by atoms with E-state index in [1.54, 1.807) is 6.08 Å². The fraction of sp³-hybridized carbons (Fsp3) is 0.667. The minimum absolute atomic E-state index is 0.304. The number of hydrogen-bond acceptors (Lipinski definition) is 3. The molecule has 1 fully saturated rings. The molecule has 1 aliphatic rings. The Kier molecular flexibility index (Phi) is 3.29. The first-order valence-corrected chi connectivity index (χ1v) is 4.27. The molecule has 3 heteroatoms. The minimum atomic E-state index is -0.527. The van der Waals surface area contributed by atoms with Gasteiger partial charge in [-0.1, -0.05) is 6.08 Å². The predicted molar refractivity (Wildman–Crippen MR) is 46.5 cm³/mol. The largest absolute Gasteiger partial charge is 0.464 e. The molecule has 0 aromatic heterocycles. The maximum atomic E-state index is 11.1. The molecule has 2 N–H and O–H groups in total. The van der Waals surface area contributed by atoms with Crippen molar-refractivity contribution in [1.29, 1.82) is 0 Å². The Balaban J connectivity index is 2.11. The highest BCUT2D eigenvalue weighted by Gasteiger charge is 2.24. The van der Waals surface area contributed by atoms with Crippen molar-refractivity contribution in [2.24, 2.45) is 11.7 Å². The number of nitrogens with two attached hydrogens (primary N) is 1. The second-order valence-electron chi connectivity index (χ2n) is 3.20. The Bertz CT molecular complexity index is 175. The molecule has 3 nitrogen and oxygen atoms in total. The Morgan fingerprint density at radius 2 is 2.42 bits per heavy atom. The van der Waals surface area contributed by atoms with Crippen molar-refractivity contribution in [2.45, 2.75) is 25.3 Å². The predicted octanol–water partition coefficient (Wildman–Crippen LogP) is 0.843. The zero-order chi connectivity index (χ0) is 8.97. The summed E-state index contributed by atoms with van der Waals surface area (Å²) < 4.78 is 4.97. The molecule has 12 heavy (non-hydrogen) atoms. The molecule has 0 bridgehead atoms. The van der Waals surface area contributed by atoms with E-state index in [2.05, 4.69) is 6.58 Å². The van der Waals surface area contributed by atoms with Crippen molar-refractivity contribution in [3.05, 3.63) is 12.7 Å². The highest BCUT2D eigenvalue weighted by Crippen LogP contribution is 2.28. The summed E-state index contributed by atoms with van der Waals surface area (Å²) in [6.07, 6.45) is 4.49. The molecule has 0 spiro atoms. The van der Waals surface area contributed by atoms with Crippen molar-refractivity contribution in [2.75, 3.05) is 6.61 Å². The summed E-state index contributed by atoms with van der Waals surface area (Å²) in [5, 5.41) is 0. The van der Waals surface area contributed by atoms with Crippen LogP contribution < -0.4 is 5.73 Å². The van der Waals surface area contributed by atoms with Gasteiger partial charge in [-0.25, -0.2) is 0 Å². The third-order valence-corrected chi connectivity index (χ3v) is 1.88. The van der Waals surface area contributed by atoms with E-state index in [0.29, 0.717) is 18.9 Å². The molecule has 0 saturated heterocycles. The van der Waals surface area contributed by atoms with Crippen LogP contribution in [0.5, 0.6) is 0 Å². The van der Waals surface area contributed by atoms with Gasteiger partial charge in [-0.3, -0.25) is 4.79 Å². The molecular weight excluding hydrogens is 154 g/mol. The Morgan fingerprint density at radius 3 is 2.92 bits per heavy atom. The van der Waals surface area contributed by atoms with Gasteiger partial charge in [0.25, 0.3) is 0 Å². The van der Waals surface area contributed by atoms with E-state index in [-0.39, 0.29) is 5.97 Å². The standard InChI is InChI=1S/C9H15NO2/c1-2-3-8(10)9(11)12-6-7-4-5-7/h2,7-8H,1,3-6,10H2. The van der Waals surface area contributed by atoms with Gasteiger partial charge >= 0.3 is 5.97 Å². The Morgan fingerprint density at radius 1 is 1.75 bits per heavy atom. The lowest BCUT2D eigenvalue weighted by molar-refractivity contribution is -0.145. The normalized spacial score (nSPS) is 18.4. The van der Waals surface area contributed by atoms with Crippen LogP contribution in [0.1, 0.15) is 19.3 Å². The van der Waals surface area contributed by atoms with E-state index in [4.69, 9.17) is 10.5 Å². The summed E-state index contributed by atoms with van der Waals surface area (Å²) in [5.41, 5.74) is 5.49. The molecular formula is C9H15NO2. The highest BCUT2D eigenvalue weighted by molar-refractivity contribution is 5.75. The molecule has 0 radical (unpaired) electrons. The number of carbonyl (C=O) groups excluding carboxylic acids is 1. The SMILES string of the molecule is C=CCC(N)C(=O)OCC1CC1. The quantitative estimate of drug-likeness (QED) is 0.490. The summed E-state index contributed by atoms with van der Waals surface area (Å²) in [5.74, 6) is 0.298. The van der Waals surface area contributed by atoms with Crippen molar-refractivity contribution in [3.8, 4) is 0 Å². The van der Waals surface area contributed by atoms with Gasteiger partial charge in [-0.15, -0.1) is 6.58 Å². The Labute approximate surface area is 72.6 Å². The van der Waals surface area contributed by atoms with Crippen LogP contribution in [0.4, 0.5) is 0 Å². The van der Waals surface area contributed by atoms with E-state index in [1.807, 2.05) is 0 Å². The molecule has 1 aliphatic carbocycles. The molecule has 0 aromatic carbocycles. The third-order valence-electron chi connectivity index (χ3n) is 1.88. The first-order valence-electron chi connectivity index (χ1n) is 4.27. The number of ether oxygens (including phenoxy) is 1. The van der Waals surface area contributed by atoms with Crippen LogP contribution in [-0.2, 0) is 9.53 Å². The van der Waals surface area contributed by atoms with Crippen LogP contribution in [-0.4, -0.2) is 18.6 Å². The molecule has 0 amide bonds. The molecule has 0 aromatic rings. The van der Waals surface area contributed by atoms with Gasteiger partial charge < -0.3 is 10.5 Å². The zero-order valence-corrected chi connectivity index (χ0v) is 7.16. The van der Waals surface area contributed by atoms with Crippen molar-refractivity contribution in [1.82, 2.24) is 0 Å². The maximum Gasteiger partial charge on any atom is 0.323 e. The molecule has 68 valence electrons. The topological polar surface area (TPSA) is 52.3 Å². The molecule has 1 saturated carbocycles. The van der Waals surface area contributed by atoms with Crippen molar-refractivity contribution >= 4 is 5.97 Å². The van der Waals surface area contributed by atoms with E-state index >= 15 is 0 Å². The second-order valence-corrected chi connectivity index (χ2v) is 3.20. The lowest BCUT2D eigenvalue weighted by Gasteiger charge is -2.08. The van der Waals surface area contributed by atoms with E-state index < -0.39 is 6.04 Å². The lowest BCUT2D eigenvalue weighted by atomic mass is 10.2. The van der Waals surface area contributed by atoms with Crippen LogP contribution >= 0.6 is 0 Å². The number of rotatable bonds is 5. The number of hydrogen-bond donors (Lipinski definition) is 1. The highest BCUT2D eigenvalue weighted by atomic mass is 16.5. The van der Waals surface area contributed by atoms with E-state index in [0.717, 1.165) is 0 Å². The van der Waals surface area contributed by atoms with Crippen molar-refractivity contribution in [3.63, 3.8) is 0 Å². The van der Waals surface area contributed by atoms with Crippen molar-refractivity contribution < 1.29 is 9.53 Å². The summed E-state index contributed by atoms with van der Waals surface area (Å²) in [4.78, 5) is 11.1. The second kappa shape index (κ2) is 4.26. The Hall–Kier alpha value is -0.830. The first-order chi connectivity index (χ1) is 5.74. The van der Waals surface area contributed by atoms with E-state index in [9.17, 15) is 4.79 Å². The fourth-order valence-electron chi connectivity index (χ4n) is 0.867. The molecule has 1 atom stereocenters. The van der Waals surface area contributed by atoms with Gasteiger partial charge in [-0.2, -0.15) is 0 Å².